The lowest BCUT2D eigenvalue weighted by Crippen LogP contribution is -2.47. The zero-order valence-electron chi connectivity index (χ0n) is 20.7. The SMILES string of the molecule is CCCC/C=C/CCCCCC(=O)NC(CCCCN=C(N)N)C(=O)NCCCCCC. The molecule has 0 aliphatic carbocycles. The molecule has 0 aromatic heterocycles. The molecule has 186 valence electrons. The number of unbranched alkanes of at least 4 members (excludes halogenated alkanes) is 9. The summed E-state index contributed by atoms with van der Waals surface area (Å²) in [4.78, 5) is 29.0. The largest absolute Gasteiger partial charge is 0.370 e. The smallest absolute Gasteiger partial charge is 0.242 e. The molecular formula is C25H49N5O2. The Morgan fingerprint density at radius 1 is 0.844 bits per heavy atom. The van der Waals surface area contributed by atoms with Gasteiger partial charge in [-0.25, -0.2) is 0 Å². The molecule has 0 rings (SSSR count). The van der Waals surface area contributed by atoms with E-state index >= 15 is 0 Å². The predicted molar refractivity (Wildman–Crippen MR) is 135 cm³/mol. The molecule has 6 N–H and O–H groups in total. The summed E-state index contributed by atoms with van der Waals surface area (Å²) < 4.78 is 0. The van der Waals surface area contributed by atoms with E-state index in [2.05, 4.69) is 41.6 Å². The first kappa shape index (κ1) is 29.9. The number of nitrogens with two attached hydrogens (primary N) is 2. The second-order valence-electron chi connectivity index (χ2n) is 8.49. The Balaban J connectivity index is 4.28. The van der Waals surface area contributed by atoms with Gasteiger partial charge in [-0.05, 0) is 51.4 Å². The average Bonchev–Trinajstić information content (AvgIpc) is 2.76. The molecule has 2 amide bonds. The van der Waals surface area contributed by atoms with Gasteiger partial charge in [0.15, 0.2) is 5.96 Å². The number of carbonyl (C=O) groups is 2. The van der Waals surface area contributed by atoms with Crippen molar-refractivity contribution in [2.75, 3.05) is 13.1 Å². The molecule has 0 aliphatic rings. The number of hydrogen-bond donors (Lipinski definition) is 4. The maximum absolute atomic E-state index is 12.6. The van der Waals surface area contributed by atoms with Gasteiger partial charge in [0.05, 0.1) is 0 Å². The number of nitrogens with one attached hydrogen (secondary N) is 2. The van der Waals surface area contributed by atoms with Gasteiger partial charge in [0.2, 0.25) is 11.8 Å². The van der Waals surface area contributed by atoms with Crippen LogP contribution in [0.2, 0.25) is 0 Å². The molecule has 1 atom stereocenters. The third-order valence-electron chi connectivity index (χ3n) is 5.34. The van der Waals surface area contributed by atoms with Crippen LogP contribution in [-0.2, 0) is 9.59 Å². The highest BCUT2D eigenvalue weighted by atomic mass is 16.2. The van der Waals surface area contributed by atoms with Crippen LogP contribution in [-0.4, -0.2) is 36.9 Å². The minimum Gasteiger partial charge on any atom is -0.370 e. The number of amides is 2. The minimum atomic E-state index is -0.491. The fourth-order valence-electron chi connectivity index (χ4n) is 3.37. The Bertz CT molecular complexity index is 530. The fourth-order valence-corrected chi connectivity index (χ4v) is 3.37. The van der Waals surface area contributed by atoms with Gasteiger partial charge in [0.1, 0.15) is 6.04 Å². The van der Waals surface area contributed by atoms with Crippen molar-refractivity contribution >= 4 is 17.8 Å². The maximum atomic E-state index is 12.6. The molecule has 0 saturated heterocycles. The van der Waals surface area contributed by atoms with Crippen molar-refractivity contribution in [1.29, 1.82) is 0 Å². The van der Waals surface area contributed by atoms with Gasteiger partial charge in [-0.15, -0.1) is 0 Å². The van der Waals surface area contributed by atoms with Crippen molar-refractivity contribution in [3.05, 3.63) is 12.2 Å². The van der Waals surface area contributed by atoms with Gasteiger partial charge in [-0.3, -0.25) is 14.6 Å². The third-order valence-corrected chi connectivity index (χ3v) is 5.34. The minimum absolute atomic E-state index is 0.0427. The van der Waals surface area contributed by atoms with E-state index in [1.165, 1.54) is 19.3 Å². The molecule has 0 spiro atoms. The van der Waals surface area contributed by atoms with E-state index in [1.54, 1.807) is 0 Å². The van der Waals surface area contributed by atoms with E-state index in [1.807, 2.05) is 0 Å². The van der Waals surface area contributed by atoms with Crippen LogP contribution in [0.25, 0.3) is 0 Å². The van der Waals surface area contributed by atoms with Crippen LogP contribution in [0, 0.1) is 0 Å². The van der Waals surface area contributed by atoms with E-state index in [-0.39, 0.29) is 17.8 Å². The molecule has 0 saturated carbocycles. The third kappa shape index (κ3) is 19.9. The van der Waals surface area contributed by atoms with Crippen LogP contribution in [0.1, 0.15) is 110 Å². The maximum Gasteiger partial charge on any atom is 0.242 e. The van der Waals surface area contributed by atoms with E-state index in [0.717, 1.165) is 64.2 Å². The quantitative estimate of drug-likeness (QED) is 0.0898. The number of guanidine groups is 1. The van der Waals surface area contributed by atoms with Gasteiger partial charge in [-0.1, -0.05) is 64.5 Å². The van der Waals surface area contributed by atoms with E-state index < -0.39 is 6.04 Å². The normalized spacial score (nSPS) is 11.9. The molecule has 0 radical (unpaired) electrons. The number of aliphatic imine (C=N–C) groups is 1. The van der Waals surface area contributed by atoms with E-state index in [9.17, 15) is 9.59 Å². The first-order valence-corrected chi connectivity index (χ1v) is 12.8. The summed E-state index contributed by atoms with van der Waals surface area (Å²) in [5.74, 6) is -0.0520. The van der Waals surface area contributed by atoms with E-state index in [0.29, 0.717) is 25.9 Å². The van der Waals surface area contributed by atoms with Crippen molar-refractivity contribution in [2.24, 2.45) is 16.5 Å². The van der Waals surface area contributed by atoms with Crippen molar-refractivity contribution in [3.63, 3.8) is 0 Å². The summed E-state index contributed by atoms with van der Waals surface area (Å²) in [6.45, 7) is 5.56. The van der Waals surface area contributed by atoms with Crippen molar-refractivity contribution in [2.45, 2.75) is 116 Å². The average molecular weight is 452 g/mol. The second-order valence-corrected chi connectivity index (χ2v) is 8.49. The Morgan fingerprint density at radius 2 is 1.53 bits per heavy atom. The molecule has 0 aromatic carbocycles. The standard InChI is InChI=1S/C25H49N5O2/c1-3-5-7-9-10-11-12-13-14-19-23(31)30-22(18-15-17-21-29-25(26)27)24(32)28-20-16-8-6-4-2/h9-10,22H,3-8,11-21H2,1-2H3,(H,28,32)(H,30,31)(H4,26,27,29)/b10-9+. The monoisotopic (exact) mass is 451 g/mol. The Labute approximate surface area is 196 Å². The number of hydrogen-bond acceptors (Lipinski definition) is 3. The zero-order valence-corrected chi connectivity index (χ0v) is 20.7. The summed E-state index contributed by atoms with van der Waals surface area (Å²) in [6, 6.07) is -0.491. The lowest BCUT2D eigenvalue weighted by molar-refractivity contribution is -0.129. The highest BCUT2D eigenvalue weighted by molar-refractivity contribution is 5.87. The van der Waals surface area contributed by atoms with Gasteiger partial charge in [0, 0.05) is 19.5 Å². The molecule has 0 aliphatic heterocycles. The zero-order chi connectivity index (χ0) is 23.9. The lowest BCUT2D eigenvalue weighted by atomic mass is 10.1. The van der Waals surface area contributed by atoms with Gasteiger partial charge in [0.25, 0.3) is 0 Å². The summed E-state index contributed by atoms with van der Waals surface area (Å²) in [6.07, 6.45) is 19.2. The number of rotatable bonds is 21. The van der Waals surface area contributed by atoms with Crippen molar-refractivity contribution in [1.82, 2.24) is 10.6 Å². The number of nitrogens with zero attached hydrogens (tertiary/aromatic N) is 1. The highest BCUT2D eigenvalue weighted by Gasteiger charge is 2.19. The molecule has 0 heterocycles. The first-order valence-electron chi connectivity index (χ1n) is 12.8. The summed E-state index contributed by atoms with van der Waals surface area (Å²) in [5.41, 5.74) is 10.7. The van der Waals surface area contributed by atoms with Crippen molar-refractivity contribution in [3.8, 4) is 0 Å². The summed E-state index contributed by atoms with van der Waals surface area (Å²) >= 11 is 0. The molecule has 0 aromatic rings. The molecular weight excluding hydrogens is 402 g/mol. The van der Waals surface area contributed by atoms with Gasteiger partial charge in [-0.2, -0.15) is 0 Å². The molecule has 7 nitrogen and oxygen atoms in total. The van der Waals surface area contributed by atoms with Crippen molar-refractivity contribution < 1.29 is 9.59 Å². The molecule has 32 heavy (non-hydrogen) atoms. The van der Waals surface area contributed by atoms with Gasteiger partial charge < -0.3 is 22.1 Å². The highest BCUT2D eigenvalue weighted by Crippen LogP contribution is 2.07. The Hall–Kier alpha value is -2.05. The van der Waals surface area contributed by atoms with Crippen LogP contribution in [0.4, 0.5) is 0 Å². The van der Waals surface area contributed by atoms with Gasteiger partial charge >= 0.3 is 0 Å². The van der Waals surface area contributed by atoms with Crippen LogP contribution < -0.4 is 22.1 Å². The molecule has 7 heteroatoms. The Kier molecular flexibility index (Phi) is 20.7. The topological polar surface area (TPSA) is 123 Å². The second kappa shape index (κ2) is 22.2. The van der Waals surface area contributed by atoms with Crippen LogP contribution >= 0.6 is 0 Å². The van der Waals surface area contributed by atoms with Crippen LogP contribution in [0.15, 0.2) is 17.1 Å². The Morgan fingerprint density at radius 3 is 2.22 bits per heavy atom. The van der Waals surface area contributed by atoms with Crippen LogP contribution in [0.5, 0.6) is 0 Å². The number of allylic oxidation sites excluding steroid dienone is 2. The summed E-state index contributed by atoms with van der Waals surface area (Å²) in [7, 11) is 0. The first-order chi connectivity index (χ1) is 15.5. The molecule has 1 unspecified atom stereocenters. The fraction of sp³-hybridized carbons (Fsp3) is 0.800. The molecule has 0 bridgehead atoms. The van der Waals surface area contributed by atoms with E-state index in [4.69, 9.17) is 11.5 Å². The predicted octanol–water partition coefficient (Wildman–Crippen LogP) is 4.31. The lowest BCUT2D eigenvalue weighted by Gasteiger charge is -2.18. The number of carbonyl (C=O) groups excluding carboxylic acids is 2. The summed E-state index contributed by atoms with van der Waals surface area (Å²) in [5, 5.41) is 5.93. The molecule has 0 fully saturated rings. The van der Waals surface area contributed by atoms with Crippen LogP contribution in [0.3, 0.4) is 0 Å².